The van der Waals surface area contributed by atoms with Gasteiger partial charge in [0.15, 0.2) is 0 Å². The number of halogens is 3. The lowest BCUT2D eigenvalue weighted by Crippen LogP contribution is -2.45. The highest BCUT2D eigenvalue weighted by Crippen LogP contribution is 2.33. The number of carbonyl (C=O) groups excluding carboxylic acids is 1. The van der Waals surface area contributed by atoms with Gasteiger partial charge >= 0.3 is 0 Å². The highest BCUT2D eigenvalue weighted by atomic mass is 35.5. The van der Waals surface area contributed by atoms with E-state index < -0.39 is 0 Å². The minimum absolute atomic E-state index is 0. The lowest BCUT2D eigenvalue weighted by Gasteiger charge is -2.34. The van der Waals surface area contributed by atoms with E-state index in [1.165, 1.54) is 25.7 Å². The molecule has 0 spiro atoms. The SMILES string of the molecule is CN1CCN(c2ncccc2CNC(=O)C2CC3CCCCC3N2)CC1.Cl.Cl.Cl. The number of hydrogen-bond acceptors (Lipinski definition) is 5. The molecule has 1 saturated carbocycles. The second kappa shape index (κ2) is 12.2. The van der Waals surface area contributed by atoms with Gasteiger partial charge in [-0.05, 0) is 38.3 Å². The molecule has 0 bridgehead atoms. The average Bonchev–Trinajstić information content (AvgIpc) is 3.11. The van der Waals surface area contributed by atoms with E-state index in [-0.39, 0.29) is 49.2 Å². The smallest absolute Gasteiger partial charge is 0.237 e. The number of aromatic nitrogens is 1. The normalized spacial score (nSPS) is 26.4. The van der Waals surface area contributed by atoms with E-state index in [1.54, 1.807) is 0 Å². The number of pyridine rings is 1. The number of piperazine rings is 1. The molecule has 3 aliphatic rings. The third-order valence-electron chi connectivity index (χ3n) is 6.30. The summed E-state index contributed by atoms with van der Waals surface area (Å²) in [7, 11) is 2.16. The van der Waals surface area contributed by atoms with Crippen LogP contribution in [0, 0.1) is 5.92 Å². The van der Waals surface area contributed by atoms with Crippen molar-refractivity contribution in [1.29, 1.82) is 0 Å². The number of anilines is 1. The van der Waals surface area contributed by atoms with Crippen LogP contribution in [0.3, 0.4) is 0 Å². The molecular weight excluding hydrogens is 433 g/mol. The molecule has 29 heavy (non-hydrogen) atoms. The van der Waals surface area contributed by atoms with Gasteiger partial charge in [-0.3, -0.25) is 4.79 Å². The summed E-state index contributed by atoms with van der Waals surface area (Å²) in [6.45, 7) is 4.64. The molecule has 3 heterocycles. The number of hydrogen-bond donors (Lipinski definition) is 2. The first-order valence-corrected chi connectivity index (χ1v) is 10.1. The maximum absolute atomic E-state index is 12.7. The van der Waals surface area contributed by atoms with Crippen molar-refractivity contribution in [2.75, 3.05) is 38.1 Å². The van der Waals surface area contributed by atoms with Crippen LogP contribution in [0.25, 0.3) is 0 Å². The number of fused-ring (bicyclic) bond motifs is 1. The van der Waals surface area contributed by atoms with E-state index in [9.17, 15) is 4.79 Å². The number of amides is 1. The molecule has 6 nitrogen and oxygen atoms in total. The van der Waals surface area contributed by atoms with Crippen molar-refractivity contribution in [2.24, 2.45) is 5.92 Å². The van der Waals surface area contributed by atoms with Gasteiger partial charge in [-0.25, -0.2) is 4.98 Å². The molecule has 3 atom stereocenters. The first-order valence-electron chi connectivity index (χ1n) is 10.1. The van der Waals surface area contributed by atoms with Crippen LogP contribution in [0.5, 0.6) is 0 Å². The zero-order valence-electron chi connectivity index (χ0n) is 17.0. The topological polar surface area (TPSA) is 60.5 Å². The fourth-order valence-corrected chi connectivity index (χ4v) is 4.70. The molecule has 2 N–H and O–H groups in total. The van der Waals surface area contributed by atoms with Gasteiger partial charge in [-0.15, -0.1) is 37.2 Å². The molecule has 2 saturated heterocycles. The van der Waals surface area contributed by atoms with E-state index in [4.69, 9.17) is 0 Å². The molecule has 2 aliphatic heterocycles. The Bertz CT molecular complexity index is 628. The zero-order valence-corrected chi connectivity index (χ0v) is 19.5. The number of nitrogens with zero attached hydrogens (tertiary/aromatic N) is 3. The van der Waals surface area contributed by atoms with Gasteiger partial charge in [-0.1, -0.05) is 18.9 Å². The summed E-state index contributed by atoms with van der Waals surface area (Å²) in [6.07, 6.45) is 7.97. The molecule has 1 amide bonds. The molecule has 9 heteroatoms. The zero-order chi connectivity index (χ0) is 17.9. The van der Waals surface area contributed by atoms with E-state index >= 15 is 0 Å². The third-order valence-corrected chi connectivity index (χ3v) is 6.30. The predicted octanol–water partition coefficient (Wildman–Crippen LogP) is 2.64. The highest BCUT2D eigenvalue weighted by Gasteiger charge is 2.38. The fraction of sp³-hybridized carbons (Fsp3) is 0.700. The lowest BCUT2D eigenvalue weighted by molar-refractivity contribution is -0.123. The molecule has 1 aliphatic carbocycles. The first-order chi connectivity index (χ1) is 12.7. The van der Waals surface area contributed by atoms with Crippen molar-refractivity contribution >= 4 is 48.9 Å². The molecule has 1 aromatic heterocycles. The van der Waals surface area contributed by atoms with E-state index in [0.29, 0.717) is 18.5 Å². The van der Waals surface area contributed by atoms with Crippen molar-refractivity contribution in [3.8, 4) is 0 Å². The second-order valence-electron chi connectivity index (χ2n) is 8.10. The summed E-state index contributed by atoms with van der Waals surface area (Å²) in [5, 5.41) is 6.73. The fourth-order valence-electron chi connectivity index (χ4n) is 4.70. The van der Waals surface area contributed by atoms with Crippen molar-refractivity contribution in [1.82, 2.24) is 20.5 Å². The number of carbonyl (C=O) groups is 1. The van der Waals surface area contributed by atoms with Crippen LogP contribution in [0.4, 0.5) is 5.82 Å². The van der Waals surface area contributed by atoms with Gasteiger partial charge < -0.3 is 20.4 Å². The summed E-state index contributed by atoms with van der Waals surface area (Å²) >= 11 is 0. The summed E-state index contributed by atoms with van der Waals surface area (Å²) in [5.74, 6) is 1.86. The molecule has 3 unspecified atom stereocenters. The predicted molar refractivity (Wildman–Crippen MR) is 125 cm³/mol. The number of nitrogens with one attached hydrogen (secondary N) is 2. The maximum Gasteiger partial charge on any atom is 0.237 e. The summed E-state index contributed by atoms with van der Waals surface area (Å²) in [6, 6.07) is 4.58. The standard InChI is InChI=1S/C20H31N5O.3ClH/c1-24-9-11-25(12-10-24)19-16(6-4-8-21-19)14-22-20(26)18-13-15-5-2-3-7-17(15)23-18;;;/h4,6,8,15,17-18,23H,2-3,5,7,9-14H2,1H3,(H,22,26);3*1H. The molecule has 0 aromatic carbocycles. The third kappa shape index (κ3) is 6.34. The van der Waals surface area contributed by atoms with Crippen LogP contribution >= 0.6 is 37.2 Å². The van der Waals surface area contributed by atoms with Crippen molar-refractivity contribution in [3.63, 3.8) is 0 Å². The van der Waals surface area contributed by atoms with Crippen molar-refractivity contribution < 1.29 is 4.79 Å². The number of likely N-dealkylation sites (N-methyl/N-ethyl adjacent to an activating group) is 1. The molecule has 166 valence electrons. The minimum atomic E-state index is -0.0214. The Balaban J connectivity index is 0.00000140. The Labute approximate surface area is 192 Å². The Morgan fingerprint density at radius 3 is 2.62 bits per heavy atom. The van der Waals surface area contributed by atoms with Crippen LogP contribution in [0.2, 0.25) is 0 Å². The monoisotopic (exact) mass is 465 g/mol. The molecule has 3 fully saturated rings. The van der Waals surface area contributed by atoms with Gasteiger partial charge in [0.05, 0.1) is 6.04 Å². The Hall–Kier alpha value is -0.790. The van der Waals surface area contributed by atoms with E-state index in [2.05, 4.69) is 38.5 Å². The molecule has 1 aromatic rings. The van der Waals surface area contributed by atoms with Gasteiger partial charge in [0.2, 0.25) is 5.91 Å². The summed E-state index contributed by atoms with van der Waals surface area (Å²) < 4.78 is 0. The molecule has 4 rings (SSSR count). The van der Waals surface area contributed by atoms with E-state index in [1.807, 2.05) is 12.3 Å². The van der Waals surface area contributed by atoms with E-state index in [0.717, 1.165) is 44.0 Å². The van der Waals surface area contributed by atoms with Crippen LogP contribution in [0.1, 0.15) is 37.7 Å². The minimum Gasteiger partial charge on any atom is -0.354 e. The van der Waals surface area contributed by atoms with Crippen molar-refractivity contribution in [2.45, 2.75) is 50.7 Å². The van der Waals surface area contributed by atoms with Gasteiger partial charge in [0.25, 0.3) is 0 Å². The number of rotatable bonds is 4. The summed E-state index contributed by atoms with van der Waals surface area (Å²) in [4.78, 5) is 22.0. The maximum atomic E-state index is 12.7. The van der Waals surface area contributed by atoms with Gasteiger partial charge in [-0.2, -0.15) is 0 Å². The Kier molecular flexibility index (Phi) is 11.0. The van der Waals surface area contributed by atoms with Gasteiger partial charge in [0, 0.05) is 50.5 Å². The lowest BCUT2D eigenvalue weighted by atomic mass is 9.85. The average molecular weight is 467 g/mol. The van der Waals surface area contributed by atoms with Gasteiger partial charge in [0.1, 0.15) is 5.82 Å². The van der Waals surface area contributed by atoms with Crippen LogP contribution in [-0.2, 0) is 11.3 Å². The van der Waals surface area contributed by atoms with Crippen LogP contribution in [0.15, 0.2) is 18.3 Å². The van der Waals surface area contributed by atoms with Crippen LogP contribution < -0.4 is 15.5 Å². The Morgan fingerprint density at radius 1 is 1.17 bits per heavy atom. The second-order valence-corrected chi connectivity index (χ2v) is 8.10. The van der Waals surface area contributed by atoms with Crippen LogP contribution in [-0.4, -0.2) is 61.1 Å². The molecule has 0 radical (unpaired) electrons. The van der Waals surface area contributed by atoms with Crippen molar-refractivity contribution in [3.05, 3.63) is 23.9 Å². The molecular formula is C20H34Cl3N5O. The summed E-state index contributed by atoms with van der Waals surface area (Å²) in [5.41, 5.74) is 1.11. The highest BCUT2D eigenvalue weighted by molar-refractivity contribution is 5.86. The largest absolute Gasteiger partial charge is 0.354 e. The first kappa shape index (κ1) is 26.2. The Morgan fingerprint density at radius 2 is 1.90 bits per heavy atom. The quantitative estimate of drug-likeness (QED) is 0.714.